The second-order valence-corrected chi connectivity index (χ2v) is 11.5. The third-order valence-corrected chi connectivity index (χ3v) is 8.47. The van der Waals surface area contributed by atoms with Crippen molar-refractivity contribution in [1.82, 2.24) is 30.2 Å². The molecule has 0 amide bonds. The number of sulfonamides is 1. The molecule has 14 nitrogen and oxygen atoms in total. The normalized spacial score (nSPS) is 13.2. The number of H-pyrrole nitrogens is 1. The average molecular weight is 535 g/mol. The number of aromatic nitrogens is 6. The summed E-state index contributed by atoms with van der Waals surface area (Å²) >= 11 is 0. The van der Waals surface area contributed by atoms with Crippen molar-refractivity contribution in [3.05, 3.63) is 36.2 Å². The zero-order valence-electron chi connectivity index (χ0n) is 19.1. The van der Waals surface area contributed by atoms with Crippen LogP contribution in [0.1, 0.15) is 24.5 Å². The van der Waals surface area contributed by atoms with E-state index >= 15 is 0 Å². The molecule has 2 aromatic carbocycles. The number of nitrogens with one attached hydrogen (secondary N) is 1. The lowest BCUT2D eigenvalue weighted by atomic mass is 9.98. The van der Waals surface area contributed by atoms with E-state index in [1.165, 1.54) is 17.6 Å². The van der Waals surface area contributed by atoms with Crippen LogP contribution in [0.4, 0.5) is 0 Å². The summed E-state index contributed by atoms with van der Waals surface area (Å²) < 4.78 is 53.4. The predicted octanol–water partition coefficient (Wildman–Crippen LogP) is 0.370. The number of rotatable bonds is 8. The number of imidazole rings is 1. The molecule has 0 saturated carbocycles. The van der Waals surface area contributed by atoms with Crippen LogP contribution in [-0.2, 0) is 26.4 Å². The van der Waals surface area contributed by atoms with Gasteiger partial charge in [-0.15, -0.1) is 10.2 Å². The number of hydrogen-bond donors (Lipinski definition) is 4. The molecule has 4 aromatic rings. The van der Waals surface area contributed by atoms with Crippen LogP contribution in [-0.4, -0.2) is 69.9 Å². The molecule has 36 heavy (non-hydrogen) atoms. The lowest BCUT2D eigenvalue weighted by Crippen LogP contribution is -2.28. The highest BCUT2D eigenvalue weighted by Crippen LogP contribution is 2.41. The van der Waals surface area contributed by atoms with Crippen molar-refractivity contribution in [3.8, 4) is 22.5 Å². The third-order valence-electron chi connectivity index (χ3n) is 5.37. The number of nitrogens with zero attached hydrogens (tertiary/aromatic N) is 5. The van der Waals surface area contributed by atoms with Crippen LogP contribution in [0.5, 0.6) is 0 Å². The van der Waals surface area contributed by atoms with Crippen LogP contribution in [0.25, 0.3) is 33.5 Å². The molecule has 0 aliphatic rings. The highest BCUT2D eigenvalue weighted by molar-refractivity contribution is 7.93. The molecule has 0 spiro atoms. The van der Waals surface area contributed by atoms with E-state index in [0.717, 1.165) is 6.07 Å². The van der Waals surface area contributed by atoms with E-state index < -0.39 is 47.4 Å². The maximum atomic E-state index is 13.1. The largest absolute Gasteiger partial charge is 0.475 e. The van der Waals surface area contributed by atoms with Gasteiger partial charge in [0, 0.05) is 18.2 Å². The Morgan fingerprint density at radius 1 is 1.17 bits per heavy atom. The molecule has 2 aromatic heterocycles. The minimum Gasteiger partial charge on any atom is -0.475 e. The van der Waals surface area contributed by atoms with Gasteiger partial charge in [0.2, 0.25) is 21.7 Å². The highest BCUT2D eigenvalue weighted by Gasteiger charge is 2.33. The first-order valence-electron chi connectivity index (χ1n) is 10.5. The number of fused-ring (bicyclic) bond motifs is 1. The topological polar surface area (TPSA) is 230 Å². The SMILES string of the molecule is CCn1c(C(=O)O)nc2c(-c3ccc(S(=O)(=O)CC(C)N)c(S(N)(=O)=O)c3-c3nn[nH]n3)cccc21. The van der Waals surface area contributed by atoms with Crippen molar-refractivity contribution in [3.63, 3.8) is 0 Å². The van der Waals surface area contributed by atoms with Gasteiger partial charge in [0.15, 0.2) is 9.84 Å². The van der Waals surface area contributed by atoms with Crippen molar-refractivity contribution < 1.29 is 26.7 Å². The number of tetrazole rings is 1. The third kappa shape index (κ3) is 4.34. The highest BCUT2D eigenvalue weighted by atomic mass is 32.2. The fourth-order valence-corrected chi connectivity index (χ4v) is 7.18. The number of carbonyl (C=O) groups is 1. The first-order chi connectivity index (χ1) is 16.9. The van der Waals surface area contributed by atoms with E-state index in [0.29, 0.717) is 17.6 Å². The van der Waals surface area contributed by atoms with Gasteiger partial charge in [0.05, 0.1) is 27.2 Å². The van der Waals surface area contributed by atoms with Crippen molar-refractivity contribution in [2.75, 3.05) is 5.75 Å². The number of primary sulfonamides is 1. The van der Waals surface area contributed by atoms with Gasteiger partial charge in [-0.3, -0.25) is 0 Å². The summed E-state index contributed by atoms with van der Waals surface area (Å²) in [4.78, 5) is 14.8. The molecule has 0 bridgehead atoms. The fraction of sp³-hybridized carbons (Fsp3) is 0.250. The van der Waals surface area contributed by atoms with Crippen molar-refractivity contribution in [1.29, 1.82) is 0 Å². The number of sulfone groups is 1. The minimum atomic E-state index is -4.68. The van der Waals surface area contributed by atoms with Crippen molar-refractivity contribution in [2.24, 2.45) is 10.9 Å². The van der Waals surface area contributed by atoms with Gasteiger partial charge in [-0.1, -0.05) is 18.2 Å². The number of carboxylic acids is 1. The lowest BCUT2D eigenvalue weighted by molar-refractivity contribution is 0.0679. The minimum absolute atomic E-state index is 0.156. The summed E-state index contributed by atoms with van der Waals surface area (Å²) in [7, 11) is -8.89. The number of nitrogens with two attached hydrogens (primary N) is 2. The smallest absolute Gasteiger partial charge is 0.372 e. The average Bonchev–Trinajstić information content (AvgIpc) is 3.44. The number of aryl methyl sites for hydroxylation is 1. The molecule has 0 radical (unpaired) electrons. The zero-order valence-corrected chi connectivity index (χ0v) is 20.7. The van der Waals surface area contributed by atoms with Gasteiger partial charge in [-0.25, -0.2) is 31.8 Å². The van der Waals surface area contributed by atoms with E-state index in [-0.39, 0.29) is 28.3 Å². The Balaban J connectivity index is 2.17. The number of aromatic amines is 1. The number of benzene rings is 2. The van der Waals surface area contributed by atoms with Crippen LogP contribution in [0.15, 0.2) is 40.1 Å². The zero-order chi connectivity index (χ0) is 26.4. The van der Waals surface area contributed by atoms with Crippen molar-refractivity contribution >= 4 is 36.9 Å². The summed E-state index contributed by atoms with van der Waals surface area (Å²) in [5, 5.41) is 28.6. The van der Waals surface area contributed by atoms with Crippen molar-refractivity contribution in [2.45, 2.75) is 36.2 Å². The molecule has 4 rings (SSSR count). The molecule has 1 unspecified atom stereocenters. The Kier molecular flexibility index (Phi) is 6.38. The van der Waals surface area contributed by atoms with E-state index in [1.54, 1.807) is 25.1 Å². The Hall–Kier alpha value is -3.73. The lowest BCUT2D eigenvalue weighted by Gasteiger charge is -2.17. The standard InChI is InChI=1S/C20H22N8O6S2/c1-3-28-13-6-4-5-12(16(13)23-19(28)20(29)30)11-7-8-14(35(31,32)9-10(2)21)17(36(22,33)34)15(11)18-24-26-27-25-18/h4-8,10H,3,9,21H2,1-2H3,(H,29,30)(H2,22,33,34)(H,24,25,26,27). The van der Waals surface area contributed by atoms with E-state index in [1.807, 2.05) is 0 Å². The summed E-state index contributed by atoms with van der Waals surface area (Å²) in [5.74, 6) is -2.25. The van der Waals surface area contributed by atoms with Gasteiger partial charge in [0.1, 0.15) is 4.90 Å². The van der Waals surface area contributed by atoms with E-state index in [2.05, 4.69) is 25.6 Å². The summed E-state index contributed by atoms with van der Waals surface area (Å²) in [6.45, 7) is 3.52. The van der Waals surface area contributed by atoms with Gasteiger partial charge in [-0.05, 0) is 36.8 Å². The molecule has 16 heteroatoms. The van der Waals surface area contributed by atoms with Crippen LogP contribution in [0.3, 0.4) is 0 Å². The predicted molar refractivity (Wildman–Crippen MR) is 128 cm³/mol. The van der Waals surface area contributed by atoms with Gasteiger partial charge < -0.3 is 15.4 Å². The second kappa shape index (κ2) is 9.05. The summed E-state index contributed by atoms with van der Waals surface area (Å²) in [5.41, 5.74) is 6.64. The molecular weight excluding hydrogens is 512 g/mol. The maximum absolute atomic E-state index is 13.1. The van der Waals surface area contributed by atoms with Gasteiger partial charge in [0.25, 0.3) is 0 Å². The Bertz CT molecular complexity index is 1690. The van der Waals surface area contributed by atoms with Crippen LogP contribution in [0.2, 0.25) is 0 Å². The van der Waals surface area contributed by atoms with Gasteiger partial charge >= 0.3 is 5.97 Å². The van der Waals surface area contributed by atoms with Crippen LogP contribution < -0.4 is 10.9 Å². The molecule has 190 valence electrons. The first kappa shape index (κ1) is 25.4. The molecule has 2 heterocycles. The Labute approximate surface area is 205 Å². The number of carboxylic acid groups (broad SMARTS) is 1. The molecule has 1 atom stereocenters. The second-order valence-electron chi connectivity index (χ2n) is 8.01. The quantitative estimate of drug-likeness (QED) is 0.241. The van der Waals surface area contributed by atoms with Crippen LogP contribution >= 0.6 is 0 Å². The number of hydrogen-bond acceptors (Lipinski definition) is 10. The maximum Gasteiger partial charge on any atom is 0.372 e. The molecule has 0 aliphatic heterocycles. The number of para-hydroxylation sites is 1. The Morgan fingerprint density at radius 3 is 2.44 bits per heavy atom. The molecule has 0 saturated heterocycles. The summed E-state index contributed by atoms with van der Waals surface area (Å²) in [6.07, 6.45) is 0. The molecule has 6 N–H and O–H groups in total. The van der Waals surface area contributed by atoms with E-state index in [4.69, 9.17) is 10.9 Å². The van der Waals surface area contributed by atoms with Gasteiger partial charge in [-0.2, -0.15) is 5.21 Å². The molecule has 0 aliphatic carbocycles. The first-order valence-corrected chi connectivity index (χ1v) is 13.7. The fourth-order valence-electron chi connectivity index (χ4n) is 4.09. The molecular formula is C20H22N8O6S2. The van der Waals surface area contributed by atoms with E-state index in [9.17, 15) is 26.7 Å². The van der Waals surface area contributed by atoms with Crippen LogP contribution in [0, 0.1) is 0 Å². The Morgan fingerprint density at radius 2 is 1.89 bits per heavy atom. The number of aromatic carboxylic acids is 1. The molecule has 0 fully saturated rings. The monoisotopic (exact) mass is 534 g/mol. The summed E-state index contributed by atoms with van der Waals surface area (Å²) in [6, 6.07) is 6.58.